The molecule has 0 aromatic heterocycles. The number of hydrogen-bond acceptors (Lipinski definition) is 2. The highest BCUT2D eigenvalue weighted by Gasteiger charge is 2.12. The molecular weight excluding hydrogens is 164 g/mol. The van der Waals surface area contributed by atoms with E-state index in [1.165, 1.54) is 12.8 Å². The summed E-state index contributed by atoms with van der Waals surface area (Å²) in [6, 6.07) is 0. The average molecular weight is 184 g/mol. The van der Waals surface area contributed by atoms with E-state index in [1.54, 1.807) is 0 Å². The summed E-state index contributed by atoms with van der Waals surface area (Å²) in [6.45, 7) is 3.80. The van der Waals surface area contributed by atoms with Gasteiger partial charge in [-0.3, -0.25) is 0 Å². The van der Waals surface area contributed by atoms with Gasteiger partial charge in [0, 0.05) is 6.61 Å². The van der Waals surface area contributed by atoms with Gasteiger partial charge in [0.25, 0.3) is 0 Å². The van der Waals surface area contributed by atoms with E-state index in [4.69, 9.17) is 9.47 Å². The van der Waals surface area contributed by atoms with Crippen LogP contribution in [-0.4, -0.2) is 19.5 Å². The maximum atomic E-state index is 5.56. The van der Waals surface area contributed by atoms with E-state index in [0.717, 1.165) is 32.5 Å². The van der Waals surface area contributed by atoms with E-state index in [-0.39, 0.29) is 6.29 Å². The molecule has 0 N–H and O–H groups in total. The van der Waals surface area contributed by atoms with Crippen LogP contribution in [0.25, 0.3) is 0 Å². The summed E-state index contributed by atoms with van der Waals surface area (Å²) < 4.78 is 11.0. The quantitative estimate of drug-likeness (QED) is 0.483. The van der Waals surface area contributed by atoms with E-state index >= 15 is 0 Å². The minimum atomic E-state index is 0.0729. The lowest BCUT2D eigenvalue weighted by Crippen LogP contribution is -2.22. The van der Waals surface area contributed by atoms with Gasteiger partial charge in [-0.15, -0.1) is 0 Å². The highest BCUT2D eigenvalue weighted by molar-refractivity contribution is 4.79. The van der Waals surface area contributed by atoms with Gasteiger partial charge in [-0.05, 0) is 32.1 Å². The minimum Gasteiger partial charge on any atom is -0.353 e. The van der Waals surface area contributed by atoms with Crippen LogP contribution < -0.4 is 0 Å². The highest BCUT2D eigenvalue weighted by Crippen LogP contribution is 2.13. The Hall–Kier alpha value is -0.340. The first-order valence-electron chi connectivity index (χ1n) is 5.31. The molecule has 1 atom stereocenters. The molecular formula is C11H20O2. The first kappa shape index (κ1) is 10.7. The Balaban J connectivity index is 1.95. The van der Waals surface area contributed by atoms with E-state index in [9.17, 15) is 0 Å². The van der Waals surface area contributed by atoms with Gasteiger partial charge in [0.2, 0.25) is 0 Å². The van der Waals surface area contributed by atoms with Crippen molar-refractivity contribution in [3.8, 4) is 0 Å². The molecule has 0 aromatic carbocycles. The molecule has 1 aliphatic heterocycles. The molecule has 0 radical (unpaired) electrons. The molecule has 0 spiro atoms. The lowest BCUT2D eigenvalue weighted by Gasteiger charge is -2.22. The summed E-state index contributed by atoms with van der Waals surface area (Å²) in [7, 11) is 0. The zero-order valence-electron chi connectivity index (χ0n) is 8.50. The predicted molar refractivity (Wildman–Crippen MR) is 53.6 cm³/mol. The van der Waals surface area contributed by atoms with E-state index in [1.807, 2.05) is 0 Å². The number of hydrogen-bond donors (Lipinski definition) is 0. The van der Waals surface area contributed by atoms with Crippen molar-refractivity contribution in [3.63, 3.8) is 0 Å². The fraction of sp³-hybridized carbons (Fsp3) is 0.818. The van der Waals surface area contributed by atoms with Crippen LogP contribution in [0.5, 0.6) is 0 Å². The standard InChI is InChI=1S/C11H20O2/c1-2-3-4-6-9-12-11-8-5-7-10-13-11/h3-4,11H,2,5-10H2,1H3/b4-3+. The molecule has 2 heteroatoms. The van der Waals surface area contributed by atoms with Crippen LogP contribution >= 0.6 is 0 Å². The molecule has 1 aliphatic rings. The third kappa shape index (κ3) is 5.06. The van der Waals surface area contributed by atoms with Crippen LogP contribution in [-0.2, 0) is 9.47 Å². The van der Waals surface area contributed by atoms with Crippen molar-refractivity contribution in [2.24, 2.45) is 0 Å². The zero-order valence-corrected chi connectivity index (χ0v) is 8.50. The summed E-state index contributed by atoms with van der Waals surface area (Å²) >= 11 is 0. The molecule has 0 saturated carbocycles. The number of rotatable bonds is 5. The van der Waals surface area contributed by atoms with Gasteiger partial charge in [-0.1, -0.05) is 19.1 Å². The molecule has 0 bridgehead atoms. The van der Waals surface area contributed by atoms with Crippen molar-refractivity contribution in [1.82, 2.24) is 0 Å². The predicted octanol–water partition coefficient (Wildman–Crippen LogP) is 2.89. The van der Waals surface area contributed by atoms with Crippen LogP contribution in [0, 0.1) is 0 Å². The van der Waals surface area contributed by atoms with Gasteiger partial charge in [0.15, 0.2) is 6.29 Å². The second-order valence-electron chi connectivity index (χ2n) is 3.34. The molecule has 13 heavy (non-hydrogen) atoms. The smallest absolute Gasteiger partial charge is 0.157 e. The molecule has 1 saturated heterocycles. The van der Waals surface area contributed by atoms with Crippen molar-refractivity contribution in [2.75, 3.05) is 13.2 Å². The summed E-state index contributed by atoms with van der Waals surface area (Å²) in [4.78, 5) is 0. The van der Waals surface area contributed by atoms with Gasteiger partial charge in [0.1, 0.15) is 0 Å². The Labute approximate surface area is 80.9 Å². The summed E-state index contributed by atoms with van der Waals surface area (Å²) in [5.41, 5.74) is 0. The normalized spacial score (nSPS) is 23.9. The van der Waals surface area contributed by atoms with Crippen molar-refractivity contribution >= 4 is 0 Å². The molecule has 0 aliphatic carbocycles. The van der Waals surface area contributed by atoms with E-state index in [2.05, 4.69) is 19.1 Å². The maximum Gasteiger partial charge on any atom is 0.157 e. The van der Waals surface area contributed by atoms with Crippen LogP contribution in [0.2, 0.25) is 0 Å². The zero-order chi connectivity index (χ0) is 9.36. The monoisotopic (exact) mass is 184 g/mol. The highest BCUT2D eigenvalue weighted by atomic mass is 16.7. The van der Waals surface area contributed by atoms with Gasteiger partial charge < -0.3 is 9.47 Å². The van der Waals surface area contributed by atoms with Crippen molar-refractivity contribution in [2.45, 2.75) is 45.3 Å². The first-order valence-corrected chi connectivity index (χ1v) is 5.31. The van der Waals surface area contributed by atoms with Gasteiger partial charge in [-0.2, -0.15) is 0 Å². The van der Waals surface area contributed by atoms with Crippen molar-refractivity contribution in [1.29, 1.82) is 0 Å². The fourth-order valence-corrected chi connectivity index (χ4v) is 1.39. The van der Waals surface area contributed by atoms with Crippen molar-refractivity contribution < 1.29 is 9.47 Å². The van der Waals surface area contributed by atoms with E-state index < -0.39 is 0 Å². The third-order valence-corrected chi connectivity index (χ3v) is 2.13. The second-order valence-corrected chi connectivity index (χ2v) is 3.34. The molecule has 76 valence electrons. The Morgan fingerprint density at radius 1 is 1.38 bits per heavy atom. The molecule has 1 fully saturated rings. The van der Waals surface area contributed by atoms with E-state index in [0.29, 0.717) is 0 Å². The maximum absolute atomic E-state index is 5.56. The third-order valence-electron chi connectivity index (χ3n) is 2.13. The molecule has 0 amide bonds. The lowest BCUT2D eigenvalue weighted by atomic mass is 10.2. The van der Waals surface area contributed by atoms with Crippen LogP contribution in [0.4, 0.5) is 0 Å². The van der Waals surface area contributed by atoms with Gasteiger partial charge >= 0.3 is 0 Å². The van der Waals surface area contributed by atoms with Crippen LogP contribution in [0.3, 0.4) is 0 Å². The summed E-state index contributed by atoms with van der Waals surface area (Å²) in [6.07, 6.45) is 10.0. The van der Waals surface area contributed by atoms with Gasteiger partial charge in [-0.25, -0.2) is 0 Å². The summed E-state index contributed by atoms with van der Waals surface area (Å²) in [5.74, 6) is 0. The molecule has 1 heterocycles. The Bertz CT molecular complexity index is 137. The topological polar surface area (TPSA) is 18.5 Å². The molecule has 0 aromatic rings. The van der Waals surface area contributed by atoms with Crippen LogP contribution in [0.1, 0.15) is 39.0 Å². The SMILES string of the molecule is CC/C=C/CCOC1CCCCO1. The number of allylic oxidation sites excluding steroid dienone is 1. The van der Waals surface area contributed by atoms with Gasteiger partial charge in [0.05, 0.1) is 6.61 Å². The average Bonchev–Trinajstić information content (AvgIpc) is 2.19. The Morgan fingerprint density at radius 3 is 3.00 bits per heavy atom. The van der Waals surface area contributed by atoms with Crippen molar-refractivity contribution in [3.05, 3.63) is 12.2 Å². The second kappa shape index (κ2) is 7.10. The molecule has 2 nitrogen and oxygen atoms in total. The first-order chi connectivity index (χ1) is 6.43. The summed E-state index contributed by atoms with van der Waals surface area (Å²) in [5, 5.41) is 0. The minimum absolute atomic E-state index is 0.0729. The fourth-order valence-electron chi connectivity index (χ4n) is 1.39. The lowest BCUT2D eigenvalue weighted by molar-refractivity contribution is -0.161. The van der Waals surface area contributed by atoms with Crippen LogP contribution in [0.15, 0.2) is 12.2 Å². The molecule has 1 rings (SSSR count). The Kier molecular flexibility index (Phi) is 5.87. The largest absolute Gasteiger partial charge is 0.353 e. The molecule has 1 unspecified atom stereocenters. The number of ether oxygens (including phenoxy) is 2. The Morgan fingerprint density at radius 2 is 2.31 bits per heavy atom.